The van der Waals surface area contributed by atoms with E-state index in [0.29, 0.717) is 5.56 Å². The van der Waals surface area contributed by atoms with Gasteiger partial charge in [-0.3, -0.25) is 0 Å². The molecule has 7 heteroatoms. The Balaban J connectivity index is 2.82. The predicted octanol–water partition coefficient (Wildman–Crippen LogP) is 1.81. The first-order valence-electron chi connectivity index (χ1n) is 5.14. The molecule has 0 aliphatic carbocycles. The quantitative estimate of drug-likeness (QED) is 0.657. The molecule has 1 unspecified atom stereocenters. The van der Waals surface area contributed by atoms with Crippen LogP contribution in [0.3, 0.4) is 0 Å². The summed E-state index contributed by atoms with van der Waals surface area (Å²) >= 11 is 2.90. The number of ether oxygens (including phenoxy) is 1. The molecule has 1 aromatic carbocycles. The number of nitrogens with one attached hydrogen (secondary N) is 1. The normalized spacial score (nSPS) is 13.1. The summed E-state index contributed by atoms with van der Waals surface area (Å²) < 4.78 is 29.7. The summed E-state index contributed by atoms with van der Waals surface area (Å²) in [4.78, 5) is 11.2. The van der Waals surface area contributed by atoms with Crippen LogP contribution in [0.25, 0.3) is 0 Å². The highest BCUT2D eigenvalue weighted by Gasteiger charge is 2.14. The highest BCUT2D eigenvalue weighted by atomic mass is 79.9. The Morgan fingerprint density at radius 1 is 1.39 bits per heavy atom. The second kappa shape index (κ2) is 6.31. The van der Waals surface area contributed by atoms with Gasteiger partial charge in [-0.2, -0.15) is 0 Å². The lowest BCUT2D eigenvalue weighted by Crippen LogP contribution is -2.27. The number of carbonyl (C=O) groups excluding carboxylic acids is 1. The number of hydrogen-bond acceptors (Lipinski definition) is 4. The summed E-state index contributed by atoms with van der Waals surface area (Å²) in [5.41, 5.74) is 1.20. The van der Waals surface area contributed by atoms with Crippen LogP contribution in [0.4, 0.5) is 0 Å². The van der Waals surface area contributed by atoms with Gasteiger partial charge in [0.05, 0.1) is 12.7 Å². The summed E-state index contributed by atoms with van der Waals surface area (Å²) in [7, 11) is -2.01. The van der Waals surface area contributed by atoms with E-state index in [4.69, 9.17) is 0 Å². The largest absolute Gasteiger partial charge is 0.465 e. The molecule has 1 aromatic rings. The van der Waals surface area contributed by atoms with Crippen LogP contribution in [-0.2, 0) is 14.8 Å². The number of halogens is 1. The van der Waals surface area contributed by atoms with Crippen molar-refractivity contribution < 1.29 is 17.9 Å². The number of sulfonamides is 1. The van der Waals surface area contributed by atoms with Crippen LogP contribution in [0, 0.1) is 0 Å². The minimum Gasteiger partial charge on any atom is -0.465 e. The lowest BCUT2D eigenvalue weighted by Gasteiger charge is -2.13. The highest BCUT2D eigenvalue weighted by Crippen LogP contribution is 2.15. The molecule has 0 aliphatic rings. The van der Waals surface area contributed by atoms with E-state index in [9.17, 15) is 13.2 Å². The minimum atomic E-state index is -3.32. The Labute approximate surface area is 115 Å². The lowest BCUT2D eigenvalue weighted by molar-refractivity contribution is 0.0600. The molecule has 0 saturated heterocycles. The first-order chi connectivity index (χ1) is 8.39. The summed E-state index contributed by atoms with van der Waals surface area (Å²) in [5.74, 6) is -0.421. The number of carbonyl (C=O) groups is 1. The van der Waals surface area contributed by atoms with E-state index in [1.165, 1.54) is 7.11 Å². The van der Waals surface area contributed by atoms with E-state index in [0.717, 1.165) is 5.56 Å². The van der Waals surface area contributed by atoms with Crippen molar-refractivity contribution in [3.05, 3.63) is 35.4 Å². The van der Waals surface area contributed by atoms with Crippen molar-refractivity contribution in [1.29, 1.82) is 0 Å². The van der Waals surface area contributed by atoms with Crippen LogP contribution in [-0.4, -0.2) is 26.2 Å². The Kier molecular flexibility index (Phi) is 5.30. The zero-order valence-electron chi connectivity index (χ0n) is 10.0. The molecule has 1 rings (SSSR count). The van der Waals surface area contributed by atoms with Crippen LogP contribution < -0.4 is 4.72 Å². The van der Waals surface area contributed by atoms with E-state index in [1.807, 2.05) is 0 Å². The molecule has 5 nitrogen and oxygen atoms in total. The second-order valence-electron chi connectivity index (χ2n) is 3.68. The number of rotatable bonds is 5. The Morgan fingerprint density at radius 2 is 1.94 bits per heavy atom. The maximum atomic E-state index is 11.4. The molecule has 0 aromatic heterocycles. The Hall–Kier alpha value is -0.920. The number of hydrogen-bond donors (Lipinski definition) is 1. The Morgan fingerprint density at radius 3 is 2.39 bits per heavy atom. The third kappa shape index (κ3) is 4.08. The van der Waals surface area contributed by atoms with Gasteiger partial charge in [-0.15, -0.1) is 0 Å². The van der Waals surface area contributed by atoms with E-state index in [-0.39, 0.29) is 10.7 Å². The van der Waals surface area contributed by atoms with Gasteiger partial charge < -0.3 is 4.74 Å². The predicted molar refractivity (Wildman–Crippen MR) is 72.0 cm³/mol. The van der Waals surface area contributed by atoms with E-state index in [2.05, 4.69) is 25.4 Å². The van der Waals surface area contributed by atoms with E-state index >= 15 is 0 Å². The smallest absolute Gasteiger partial charge is 0.337 e. The van der Waals surface area contributed by atoms with E-state index in [1.54, 1.807) is 31.2 Å². The summed E-state index contributed by atoms with van der Waals surface area (Å²) in [6.07, 6.45) is 0. The van der Waals surface area contributed by atoms with Crippen molar-refractivity contribution in [3.63, 3.8) is 0 Å². The lowest BCUT2D eigenvalue weighted by atomic mass is 10.1. The third-order valence-electron chi connectivity index (χ3n) is 2.33. The van der Waals surface area contributed by atoms with Crippen molar-refractivity contribution in [1.82, 2.24) is 4.72 Å². The van der Waals surface area contributed by atoms with Crippen LogP contribution in [0.2, 0.25) is 0 Å². The monoisotopic (exact) mass is 335 g/mol. The van der Waals surface area contributed by atoms with Crippen LogP contribution in [0.1, 0.15) is 28.9 Å². The summed E-state index contributed by atoms with van der Waals surface area (Å²) in [6, 6.07) is 6.21. The molecule has 0 spiro atoms. The average molecular weight is 336 g/mol. The molecular weight excluding hydrogens is 322 g/mol. The maximum Gasteiger partial charge on any atom is 0.337 e. The maximum absolute atomic E-state index is 11.4. The van der Waals surface area contributed by atoms with Gasteiger partial charge in [0.25, 0.3) is 0 Å². The molecular formula is C11H14BrNO4S. The van der Waals surface area contributed by atoms with Gasteiger partial charge in [0.2, 0.25) is 10.0 Å². The summed E-state index contributed by atoms with van der Waals surface area (Å²) in [5, 5.41) is 0. The molecule has 0 saturated carbocycles. The molecule has 100 valence electrons. The van der Waals surface area contributed by atoms with Crippen LogP contribution >= 0.6 is 15.9 Å². The van der Waals surface area contributed by atoms with Crippen LogP contribution in [0.15, 0.2) is 24.3 Å². The zero-order valence-corrected chi connectivity index (χ0v) is 12.4. The second-order valence-corrected chi connectivity index (χ2v) is 6.73. The molecule has 18 heavy (non-hydrogen) atoms. The van der Waals surface area contributed by atoms with E-state index < -0.39 is 16.0 Å². The number of esters is 1. The fraction of sp³-hybridized carbons (Fsp3) is 0.364. The van der Waals surface area contributed by atoms with Gasteiger partial charge >= 0.3 is 5.97 Å². The molecule has 1 atom stereocenters. The SMILES string of the molecule is COC(=O)c1ccc(C(C)NS(=O)(=O)CBr)cc1. The molecule has 0 aliphatic heterocycles. The van der Waals surface area contributed by atoms with Gasteiger partial charge in [-0.25, -0.2) is 17.9 Å². The highest BCUT2D eigenvalue weighted by molar-refractivity contribution is 9.10. The van der Waals surface area contributed by atoms with Crippen molar-refractivity contribution in [3.8, 4) is 0 Å². The average Bonchev–Trinajstić information content (AvgIpc) is 2.37. The van der Waals surface area contributed by atoms with Crippen LogP contribution in [0.5, 0.6) is 0 Å². The van der Waals surface area contributed by atoms with Crippen molar-refractivity contribution >= 4 is 31.9 Å². The third-order valence-corrected chi connectivity index (χ3v) is 5.14. The molecule has 0 amide bonds. The Bertz CT molecular complexity index is 512. The van der Waals surface area contributed by atoms with Gasteiger partial charge in [-0.05, 0) is 24.6 Å². The first-order valence-corrected chi connectivity index (χ1v) is 7.91. The number of alkyl halides is 1. The fourth-order valence-corrected chi connectivity index (χ4v) is 2.53. The topological polar surface area (TPSA) is 72.5 Å². The van der Waals surface area contributed by atoms with Crippen molar-refractivity contribution in [2.75, 3.05) is 11.8 Å². The molecule has 1 N–H and O–H groups in total. The molecule has 0 radical (unpaired) electrons. The van der Waals surface area contributed by atoms with Gasteiger partial charge in [-0.1, -0.05) is 28.1 Å². The van der Waals surface area contributed by atoms with Crippen molar-refractivity contribution in [2.45, 2.75) is 13.0 Å². The number of benzene rings is 1. The zero-order chi connectivity index (χ0) is 13.8. The number of methoxy groups -OCH3 is 1. The molecule has 0 bridgehead atoms. The molecule has 0 fully saturated rings. The first kappa shape index (κ1) is 15.1. The summed E-state index contributed by atoms with van der Waals surface area (Å²) in [6.45, 7) is 1.73. The van der Waals surface area contributed by atoms with Gasteiger partial charge in [0.1, 0.15) is 4.66 Å². The standard InChI is InChI=1S/C11H14BrNO4S/c1-8(13-18(15,16)7-12)9-3-5-10(6-4-9)11(14)17-2/h3-6,8,13H,7H2,1-2H3. The van der Waals surface area contributed by atoms with Gasteiger partial charge in [0, 0.05) is 6.04 Å². The molecule has 0 heterocycles. The van der Waals surface area contributed by atoms with Crippen molar-refractivity contribution in [2.24, 2.45) is 0 Å². The van der Waals surface area contributed by atoms with Gasteiger partial charge in [0.15, 0.2) is 0 Å². The minimum absolute atomic E-state index is 0.148. The fourth-order valence-electron chi connectivity index (χ4n) is 1.39.